The monoisotopic (exact) mass is 442 g/mol. The number of hydrogen-bond donors (Lipinski definition) is 0. The van der Waals surface area contributed by atoms with Crippen LogP contribution in [0, 0.1) is 0 Å². The SMILES string of the molecule is C1CCOC1.c1ccc(P(c2ccccc2)[C]23[CH]4[CH]5[CH]6[CH]2[Fe]56432789[CH]3[CH]2[CH]7[CH]8[CH]39)cc1. The van der Waals surface area contributed by atoms with Gasteiger partial charge in [-0.3, -0.25) is 0 Å². The average molecular weight is 442 g/mol. The minimum atomic E-state index is -3.05. The van der Waals surface area contributed by atoms with E-state index in [1.54, 1.807) is 10.6 Å². The second-order valence-electron chi connectivity index (χ2n) is 14.0. The first-order valence-electron chi connectivity index (χ1n) is 11.8. The molecule has 4 unspecified atom stereocenters. The molecule has 11 fully saturated rings. The van der Waals surface area contributed by atoms with Crippen molar-refractivity contribution < 1.29 is 11.2 Å². The molecule has 0 aliphatic carbocycles. The van der Waals surface area contributed by atoms with Crippen LogP contribution >= 0.6 is 7.92 Å². The number of hydrogen-bond acceptors (Lipinski definition) is 1. The Balaban J connectivity index is 0.000000222. The average Bonchev–Trinajstić information content (AvgIpc) is 3.65. The van der Waals surface area contributed by atoms with Gasteiger partial charge in [-0.1, -0.05) is 0 Å². The Morgan fingerprint density at radius 3 is 1.38 bits per heavy atom. The maximum atomic E-state index is 4.94. The minimum absolute atomic E-state index is 0.0683. The van der Waals surface area contributed by atoms with Crippen LogP contribution in [0.2, 0.25) is 43.3 Å². The van der Waals surface area contributed by atoms with Gasteiger partial charge in [-0.25, -0.2) is 0 Å². The van der Waals surface area contributed by atoms with E-state index in [-0.39, 0.29) is 7.92 Å². The first-order chi connectivity index (χ1) is 14.1. The Labute approximate surface area is 163 Å². The Morgan fingerprint density at radius 1 is 0.655 bits per heavy atom. The number of rotatable bonds is 3. The predicted molar refractivity (Wildman–Crippen MR) is 116 cm³/mol. The number of fused-ring (bicyclic) bond motifs is 10. The van der Waals surface area contributed by atoms with Gasteiger partial charge >= 0.3 is 133 Å². The summed E-state index contributed by atoms with van der Waals surface area (Å²) in [6, 6.07) is 23.7. The van der Waals surface area contributed by atoms with Crippen LogP contribution < -0.4 is 10.6 Å². The zero-order chi connectivity index (χ0) is 18.4. The van der Waals surface area contributed by atoms with Crippen molar-refractivity contribution in [2.24, 2.45) is 0 Å². The molecular weight excluding hydrogens is 415 g/mol. The number of ether oxygens (including phenoxy) is 1. The van der Waals surface area contributed by atoms with E-state index in [4.69, 9.17) is 4.74 Å². The van der Waals surface area contributed by atoms with E-state index in [9.17, 15) is 0 Å². The van der Waals surface area contributed by atoms with Gasteiger partial charge in [-0.15, -0.1) is 0 Å². The molecule has 13 rings (SSSR count). The van der Waals surface area contributed by atoms with E-state index < -0.39 is 6.51 Å². The zero-order valence-electron chi connectivity index (χ0n) is 16.5. The molecule has 1 nitrogen and oxygen atoms in total. The van der Waals surface area contributed by atoms with Crippen molar-refractivity contribution in [3.8, 4) is 0 Å². The Morgan fingerprint density at radius 2 is 1.10 bits per heavy atom. The Bertz CT molecular complexity index is 1390. The molecule has 11 saturated heterocycles. The first kappa shape index (κ1) is 13.7. The third-order valence-electron chi connectivity index (χ3n) is 17.8. The quantitative estimate of drug-likeness (QED) is 0.406. The van der Waals surface area contributed by atoms with Crippen molar-refractivity contribution in [2.75, 3.05) is 13.2 Å². The normalized spacial score (nSPS) is 76.8. The molecule has 0 amide bonds. The summed E-state index contributed by atoms with van der Waals surface area (Å²) >= 11 is 0. The molecule has 1 spiro atoms. The van der Waals surface area contributed by atoms with Crippen LogP contribution in [-0.4, -0.2) is 17.3 Å². The van der Waals surface area contributed by atoms with Crippen molar-refractivity contribution in [1.29, 1.82) is 0 Å². The molecule has 0 radical (unpaired) electrons. The molecule has 2 aromatic carbocycles. The van der Waals surface area contributed by atoms with Gasteiger partial charge in [-0.2, -0.15) is 0 Å². The van der Waals surface area contributed by atoms with Crippen molar-refractivity contribution in [3.05, 3.63) is 60.7 Å². The fraction of sp³-hybridized carbons (Fsp3) is 0.538. The Hall–Kier alpha value is -0.651. The predicted octanol–water partition coefficient (Wildman–Crippen LogP) is 6.21. The summed E-state index contributed by atoms with van der Waals surface area (Å²) in [4.78, 5) is 12.9. The van der Waals surface area contributed by atoms with Gasteiger partial charge in [-0.05, 0) is 12.8 Å². The molecule has 3 heteroatoms. The summed E-state index contributed by atoms with van der Waals surface area (Å²) in [7, 11) is -0.0683. The van der Waals surface area contributed by atoms with Gasteiger partial charge in [0.1, 0.15) is 0 Å². The van der Waals surface area contributed by atoms with Crippen LogP contribution in [0.5, 0.6) is 0 Å². The van der Waals surface area contributed by atoms with Crippen molar-refractivity contribution in [1.82, 2.24) is 0 Å². The van der Waals surface area contributed by atoms with Crippen LogP contribution in [-0.2, 0) is 11.2 Å². The van der Waals surface area contributed by atoms with Gasteiger partial charge in [0.05, 0.1) is 0 Å². The maximum absolute atomic E-state index is 4.94. The van der Waals surface area contributed by atoms with E-state index >= 15 is 0 Å². The molecule has 0 saturated carbocycles. The van der Waals surface area contributed by atoms with E-state index in [1.165, 1.54) is 56.2 Å². The first-order valence-corrected chi connectivity index (χ1v) is 19.5. The standard InChI is InChI=1S/C17H14P.C5H5.C4H8O.Fe/c1-3-9-15(10-4-1)18(17-13-7-8-14-17)16-11-5-2-6-12-16;2*1-2-4-5-3-1;/h1-14H;1-5H;1-4H2;. The molecule has 2 aromatic rings. The molecule has 0 N–H and O–H groups in total. The summed E-state index contributed by atoms with van der Waals surface area (Å²) in [5.74, 6) is 0. The fourth-order valence-corrected chi connectivity index (χ4v) is 107. The van der Waals surface area contributed by atoms with Gasteiger partial charge in [0.2, 0.25) is 0 Å². The second-order valence-corrected chi connectivity index (χ2v) is 40.4. The molecule has 0 aromatic heterocycles. The van der Waals surface area contributed by atoms with E-state index in [1.807, 2.05) is 0 Å². The van der Waals surface area contributed by atoms with E-state index in [2.05, 4.69) is 60.7 Å². The topological polar surface area (TPSA) is 9.23 Å². The Kier molecular flexibility index (Phi) is 0.873. The fourth-order valence-electron chi connectivity index (χ4n) is 18.9. The molecule has 4 atom stereocenters. The summed E-state index contributed by atoms with van der Waals surface area (Å²) < 4.78 is 5.93. The summed E-state index contributed by atoms with van der Waals surface area (Å²) in [6.45, 7) is -1.05. The molecular formula is C26H27FeOP. The van der Waals surface area contributed by atoms with E-state index in [0.717, 1.165) is 17.3 Å². The van der Waals surface area contributed by atoms with Crippen LogP contribution in [0.15, 0.2) is 60.7 Å². The second kappa shape index (κ2) is 1.85. The van der Waals surface area contributed by atoms with Gasteiger partial charge < -0.3 is 4.74 Å². The molecule has 0 bridgehead atoms. The van der Waals surface area contributed by atoms with Crippen LogP contribution in [0.3, 0.4) is 0 Å². The van der Waals surface area contributed by atoms with E-state index in [0.29, 0.717) is 0 Å². The molecule has 11 heterocycles. The third kappa shape index (κ3) is 0.287. The number of benzene rings is 2. The molecule has 29 heavy (non-hydrogen) atoms. The summed E-state index contributed by atoms with van der Waals surface area (Å²) in [6.07, 6.45) is 2.56. The van der Waals surface area contributed by atoms with Gasteiger partial charge in [0.25, 0.3) is 0 Å². The van der Waals surface area contributed by atoms with Gasteiger partial charge in [0.15, 0.2) is 0 Å². The van der Waals surface area contributed by atoms with Crippen LogP contribution in [0.4, 0.5) is 0 Å². The molecule has 11 aliphatic heterocycles. The summed E-state index contributed by atoms with van der Waals surface area (Å²) in [5.41, 5.74) is 0. The summed E-state index contributed by atoms with van der Waals surface area (Å²) in [5, 5.41) is 3.48. The van der Waals surface area contributed by atoms with Crippen molar-refractivity contribution in [3.63, 3.8) is 0 Å². The zero-order valence-corrected chi connectivity index (χ0v) is 18.5. The van der Waals surface area contributed by atoms with Gasteiger partial charge in [0, 0.05) is 13.2 Å². The van der Waals surface area contributed by atoms with Crippen LogP contribution in [0.25, 0.3) is 0 Å². The van der Waals surface area contributed by atoms with Crippen molar-refractivity contribution >= 4 is 18.5 Å². The molecule has 11 aliphatic rings. The molecule has 150 valence electrons. The third-order valence-corrected chi connectivity index (χ3v) is 67.1. The van der Waals surface area contributed by atoms with Crippen molar-refractivity contribution in [2.45, 2.75) is 60.2 Å². The van der Waals surface area contributed by atoms with Crippen LogP contribution in [0.1, 0.15) is 12.8 Å².